The highest BCUT2D eigenvalue weighted by Gasteiger charge is 2.07. The van der Waals surface area contributed by atoms with Crippen molar-refractivity contribution < 1.29 is 13.0 Å². The van der Waals surface area contributed by atoms with Gasteiger partial charge in [-0.15, -0.1) is 0 Å². The lowest BCUT2D eigenvalue weighted by molar-refractivity contribution is 0.473. The zero-order valence-corrected chi connectivity index (χ0v) is 13.3. The van der Waals surface area contributed by atoms with Crippen LogP contribution in [0.25, 0.3) is 0 Å². The van der Waals surface area contributed by atoms with Gasteiger partial charge in [0.25, 0.3) is 10.1 Å². The van der Waals surface area contributed by atoms with Gasteiger partial charge in [0, 0.05) is 6.04 Å². The van der Waals surface area contributed by atoms with Gasteiger partial charge in [0.05, 0.1) is 5.75 Å². The molecule has 1 rings (SSSR count). The van der Waals surface area contributed by atoms with Crippen molar-refractivity contribution >= 4 is 10.1 Å². The van der Waals surface area contributed by atoms with Gasteiger partial charge in [-0.3, -0.25) is 4.55 Å². The van der Waals surface area contributed by atoms with Crippen LogP contribution in [-0.4, -0.2) is 31.3 Å². The Hall–Kier alpha value is -0.910. The van der Waals surface area contributed by atoms with Crippen LogP contribution in [0.5, 0.6) is 0 Å². The first-order valence-electron chi connectivity index (χ1n) is 7.03. The molecule has 1 atom stereocenters. The Morgan fingerprint density at radius 1 is 1.25 bits per heavy atom. The molecule has 1 aromatic carbocycles. The Balaban J connectivity index is 2.31. The number of hydrogen-bond acceptors (Lipinski definition) is 3. The van der Waals surface area contributed by atoms with E-state index in [-0.39, 0.29) is 5.75 Å². The van der Waals surface area contributed by atoms with Gasteiger partial charge < -0.3 is 5.32 Å². The number of nitrogens with one attached hydrogen (secondary N) is 1. The number of benzene rings is 1. The smallest absolute Gasteiger partial charge is 0.264 e. The maximum atomic E-state index is 10.6. The summed E-state index contributed by atoms with van der Waals surface area (Å²) in [6, 6.07) is 6.67. The summed E-state index contributed by atoms with van der Waals surface area (Å²) in [4.78, 5) is 0. The van der Waals surface area contributed by atoms with Crippen LogP contribution in [0, 0.1) is 13.8 Å². The fraction of sp³-hybridized carbons (Fsp3) is 0.600. The molecule has 20 heavy (non-hydrogen) atoms. The Morgan fingerprint density at radius 2 is 1.85 bits per heavy atom. The topological polar surface area (TPSA) is 66.4 Å². The van der Waals surface area contributed by atoms with Gasteiger partial charge in [-0.05, 0) is 63.3 Å². The molecule has 0 aliphatic heterocycles. The first kappa shape index (κ1) is 17.1. The minimum absolute atomic E-state index is 0.177. The third-order valence-corrected chi connectivity index (χ3v) is 4.35. The second-order valence-electron chi connectivity index (χ2n) is 5.40. The lowest BCUT2D eigenvalue weighted by atomic mass is 9.97. The molecule has 0 saturated carbocycles. The van der Waals surface area contributed by atoms with E-state index in [9.17, 15) is 8.42 Å². The number of hydrogen-bond donors (Lipinski definition) is 2. The van der Waals surface area contributed by atoms with Gasteiger partial charge in [-0.25, -0.2) is 0 Å². The first-order chi connectivity index (χ1) is 9.29. The van der Waals surface area contributed by atoms with Crippen LogP contribution in [0.15, 0.2) is 18.2 Å². The third-order valence-electron chi connectivity index (χ3n) is 3.54. The largest absolute Gasteiger partial charge is 0.314 e. The molecule has 4 nitrogen and oxygen atoms in total. The van der Waals surface area contributed by atoms with E-state index in [1.807, 2.05) is 0 Å². The maximum absolute atomic E-state index is 10.6. The zero-order valence-electron chi connectivity index (χ0n) is 12.5. The van der Waals surface area contributed by atoms with Crippen molar-refractivity contribution in [3.63, 3.8) is 0 Å². The monoisotopic (exact) mass is 299 g/mol. The second-order valence-corrected chi connectivity index (χ2v) is 6.98. The minimum atomic E-state index is -3.83. The highest BCUT2D eigenvalue weighted by atomic mass is 32.2. The molecular weight excluding hydrogens is 274 g/mol. The predicted octanol–water partition coefficient (Wildman–Crippen LogP) is 2.49. The summed E-state index contributed by atoms with van der Waals surface area (Å²) in [5.41, 5.74) is 4.05. The Labute approximate surface area is 122 Å². The van der Waals surface area contributed by atoms with E-state index in [0.29, 0.717) is 19.0 Å². The van der Waals surface area contributed by atoms with E-state index < -0.39 is 10.1 Å². The van der Waals surface area contributed by atoms with Crippen LogP contribution >= 0.6 is 0 Å². The molecule has 0 aliphatic carbocycles. The van der Waals surface area contributed by atoms with Crippen LogP contribution in [0.2, 0.25) is 0 Å². The predicted molar refractivity (Wildman–Crippen MR) is 82.7 cm³/mol. The number of rotatable bonds is 8. The van der Waals surface area contributed by atoms with Crippen LogP contribution in [0.4, 0.5) is 0 Å². The highest BCUT2D eigenvalue weighted by Crippen LogP contribution is 2.16. The summed E-state index contributed by atoms with van der Waals surface area (Å²) < 4.78 is 29.8. The van der Waals surface area contributed by atoms with Gasteiger partial charge in [0.15, 0.2) is 0 Å². The fourth-order valence-corrected chi connectivity index (χ4v) is 2.82. The van der Waals surface area contributed by atoms with Crippen molar-refractivity contribution in [2.45, 2.75) is 46.1 Å². The van der Waals surface area contributed by atoms with Crippen molar-refractivity contribution in [3.8, 4) is 0 Å². The standard InChI is InChI=1S/C15H25NO3S/c1-12-6-4-7-13(2)15(12)9-8-14(3)16-10-5-11-20(17,18)19/h4,6-7,14,16H,5,8-11H2,1-3H3,(H,17,18,19). The van der Waals surface area contributed by atoms with Gasteiger partial charge in [0.2, 0.25) is 0 Å². The van der Waals surface area contributed by atoms with Crippen molar-refractivity contribution in [3.05, 3.63) is 34.9 Å². The average Bonchev–Trinajstić information content (AvgIpc) is 2.33. The van der Waals surface area contributed by atoms with E-state index in [1.165, 1.54) is 16.7 Å². The summed E-state index contributed by atoms with van der Waals surface area (Å²) >= 11 is 0. The first-order valence-corrected chi connectivity index (χ1v) is 8.64. The maximum Gasteiger partial charge on any atom is 0.264 e. The highest BCUT2D eigenvalue weighted by molar-refractivity contribution is 7.85. The Bertz CT molecular complexity index is 506. The molecule has 0 amide bonds. The van der Waals surface area contributed by atoms with Crippen molar-refractivity contribution in [2.75, 3.05) is 12.3 Å². The van der Waals surface area contributed by atoms with Gasteiger partial charge in [-0.1, -0.05) is 18.2 Å². The Kier molecular flexibility index (Phi) is 6.65. The molecule has 0 spiro atoms. The molecule has 2 N–H and O–H groups in total. The van der Waals surface area contributed by atoms with Crippen molar-refractivity contribution in [2.24, 2.45) is 0 Å². The summed E-state index contributed by atoms with van der Waals surface area (Å²) in [7, 11) is -3.83. The fourth-order valence-electron chi connectivity index (χ4n) is 2.31. The quantitative estimate of drug-likeness (QED) is 0.572. The SMILES string of the molecule is Cc1cccc(C)c1CCC(C)NCCCS(=O)(=O)O. The summed E-state index contributed by atoms with van der Waals surface area (Å²) in [6.07, 6.45) is 2.47. The third kappa shape index (κ3) is 6.50. The lowest BCUT2D eigenvalue weighted by Crippen LogP contribution is -2.28. The molecule has 114 valence electrons. The molecule has 0 heterocycles. The van der Waals surface area contributed by atoms with Crippen LogP contribution in [-0.2, 0) is 16.5 Å². The van der Waals surface area contributed by atoms with E-state index in [2.05, 4.69) is 44.3 Å². The second kappa shape index (κ2) is 7.76. The normalized spacial score (nSPS) is 13.4. The van der Waals surface area contributed by atoms with E-state index in [1.54, 1.807) is 0 Å². The van der Waals surface area contributed by atoms with Gasteiger partial charge >= 0.3 is 0 Å². The average molecular weight is 299 g/mol. The number of aryl methyl sites for hydroxylation is 2. The van der Waals surface area contributed by atoms with E-state index in [0.717, 1.165) is 12.8 Å². The van der Waals surface area contributed by atoms with Crippen molar-refractivity contribution in [1.29, 1.82) is 0 Å². The van der Waals surface area contributed by atoms with Crippen LogP contribution in [0.1, 0.15) is 36.5 Å². The van der Waals surface area contributed by atoms with Gasteiger partial charge in [-0.2, -0.15) is 8.42 Å². The molecule has 0 aliphatic rings. The zero-order chi connectivity index (χ0) is 15.2. The molecule has 0 radical (unpaired) electrons. The van der Waals surface area contributed by atoms with Crippen LogP contribution < -0.4 is 5.32 Å². The molecule has 1 aromatic rings. The summed E-state index contributed by atoms with van der Waals surface area (Å²) in [6.45, 7) is 6.97. The Morgan fingerprint density at radius 3 is 2.40 bits per heavy atom. The summed E-state index contributed by atoms with van der Waals surface area (Å²) in [5.74, 6) is -0.177. The molecule has 5 heteroatoms. The van der Waals surface area contributed by atoms with Gasteiger partial charge in [0.1, 0.15) is 0 Å². The van der Waals surface area contributed by atoms with Crippen molar-refractivity contribution in [1.82, 2.24) is 5.32 Å². The molecule has 0 aromatic heterocycles. The molecule has 0 bridgehead atoms. The van der Waals surface area contributed by atoms with E-state index >= 15 is 0 Å². The molecule has 1 unspecified atom stereocenters. The summed E-state index contributed by atoms with van der Waals surface area (Å²) in [5, 5.41) is 3.29. The molecule has 0 fully saturated rings. The minimum Gasteiger partial charge on any atom is -0.314 e. The lowest BCUT2D eigenvalue weighted by Gasteiger charge is -2.15. The molecular formula is C15H25NO3S. The van der Waals surface area contributed by atoms with Crippen LogP contribution in [0.3, 0.4) is 0 Å². The molecule has 0 saturated heterocycles. The van der Waals surface area contributed by atoms with E-state index in [4.69, 9.17) is 4.55 Å².